The van der Waals surface area contributed by atoms with Crippen molar-refractivity contribution in [3.8, 4) is 0 Å². The second kappa shape index (κ2) is 4.79. The van der Waals surface area contributed by atoms with Crippen LogP contribution in [0.2, 0.25) is 0 Å². The molecule has 1 aromatic heterocycles. The molecule has 106 valence electrons. The third-order valence-electron chi connectivity index (χ3n) is 3.52. The van der Waals surface area contributed by atoms with Crippen LogP contribution < -0.4 is 10.0 Å². The van der Waals surface area contributed by atoms with Gasteiger partial charge in [-0.1, -0.05) is 18.2 Å². The Morgan fingerprint density at radius 1 is 1.35 bits per heavy atom. The molecule has 2 aromatic rings. The van der Waals surface area contributed by atoms with Gasteiger partial charge in [-0.15, -0.1) is 11.3 Å². The summed E-state index contributed by atoms with van der Waals surface area (Å²) in [6, 6.07) is 7.47. The molecule has 6 heteroatoms. The number of benzene rings is 1. The van der Waals surface area contributed by atoms with Crippen LogP contribution in [0, 0.1) is 6.92 Å². The molecule has 2 N–H and O–H groups in total. The SMILES string of the molecule is Cc1cccc2c1N(S(=O)(=O)c1cc(N)cs1)CCC2. The predicted molar refractivity (Wildman–Crippen MR) is 82.8 cm³/mol. The molecule has 0 aliphatic carbocycles. The van der Waals surface area contributed by atoms with Gasteiger partial charge in [0.25, 0.3) is 10.0 Å². The van der Waals surface area contributed by atoms with Crippen molar-refractivity contribution in [2.75, 3.05) is 16.6 Å². The Labute approximate surface area is 122 Å². The molecule has 0 unspecified atom stereocenters. The van der Waals surface area contributed by atoms with Crippen LogP contribution in [0.4, 0.5) is 11.4 Å². The van der Waals surface area contributed by atoms with E-state index in [4.69, 9.17) is 5.73 Å². The van der Waals surface area contributed by atoms with Gasteiger partial charge in [0.1, 0.15) is 4.21 Å². The summed E-state index contributed by atoms with van der Waals surface area (Å²) in [6.45, 7) is 2.48. The number of anilines is 2. The maximum Gasteiger partial charge on any atom is 0.273 e. The fourth-order valence-corrected chi connectivity index (χ4v) is 5.42. The van der Waals surface area contributed by atoms with Crippen molar-refractivity contribution in [1.29, 1.82) is 0 Å². The van der Waals surface area contributed by atoms with Crippen LogP contribution in [0.25, 0.3) is 0 Å². The highest BCUT2D eigenvalue weighted by Crippen LogP contribution is 2.36. The zero-order valence-corrected chi connectivity index (χ0v) is 12.8. The maximum absolute atomic E-state index is 12.8. The molecule has 20 heavy (non-hydrogen) atoms. The van der Waals surface area contributed by atoms with Gasteiger partial charge in [0.2, 0.25) is 0 Å². The Hall–Kier alpha value is -1.53. The van der Waals surface area contributed by atoms with Gasteiger partial charge in [-0.3, -0.25) is 4.31 Å². The highest BCUT2D eigenvalue weighted by Gasteiger charge is 2.31. The van der Waals surface area contributed by atoms with Crippen molar-refractivity contribution in [3.05, 3.63) is 40.8 Å². The normalized spacial score (nSPS) is 15.2. The summed E-state index contributed by atoms with van der Waals surface area (Å²) in [6.07, 6.45) is 1.77. The van der Waals surface area contributed by atoms with Crippen LogP contribution in [0.3, 0.4) is 0 Å². The maximum atomic E-state index is 12.8. The van der Waals surface area contributed by atoms with Crippen LogP contribution >= 0.6 is 11.3 Å². The van der Waals surface area contributed by atoms with E-state index >= 15 is 0 Å². The number of rotatable bonds is 2. The van der Waals surface area contributed by atoms with E-state index < -0.39 is 10.0 Å². The first-order chi connectivity index (χ1) is 9.50. The minimum absolute atomic E-state index is 0.311. The molecule has 0 saturated carbocycles. The topological polar surface area (TPSA) is 63.4 Å². The van der Waals surface area contributed by atoms with E-state index in [0.717, 1.165) is 29.7 Å². The molecule has 0 bridgehead atoms. The smallest absolute Gasteiger partial charge is 0.273 e. The number of para-hydroxylation sites is 1. The molecule has 2 heterocycles. The van der Waals surface area contributed by atoms with Crippen molar-refractivity contribution in [1.82, 2.24) is 0 Å². The van der Waals surface area contributed by atoms with Gasteiger partial charge >= 0.3 is 0 Å². The molecule has 1 aliphatic rings. The van der Waals surface area contributed by atoms with Gasteiger partial charge in [0, 0.05) is 17.6 Å². The summed E-state index contributed by atoms with van der Waals surface area (Å²) in [7, 11) is -3.51. The minimum atomic E-state index is -3.51. The summed E-state index contributed by atoms with van der Waals surface area (Å²) in [5.74, 6) is 0. The average molecular weight is 308 g/mol. The van der Waals surface area contributed by atoms with Gasteiger partial charge in [-0.2, -0.15) is 0 Å². The molecular weight excluding hydrogens is 292 g/mol. The molecule has 0 saturated heterocycles. The molecular formula is C14H16N2O2S2. The van der Waals surface area contributed by atoms with Crippen LogP contribution in [0.1, 0.15) is 17.5 Å². The number of sulfonamides is 1. The summed E-state index contributed by atoms with van der Waals surface area (Å²) in [4.78, 5) is 0. The fraction of sp³-hybridized carbons (Fsp3) is 0.286. The predicted octanol–water partition coefficient (Wildman–Crippen LogP) is 2.78. The summed E-state index contributed by atoms with van der Waals surface area (Å²) in [5.41, 5.74) is 9.09. The van der Waals surface area contributed by atoms with Crippen LogP contribution in [0.5, 0.6) is 0 Å². The second-order valence-corrected chi connectivity index (χ2v) is 7.96. The van der Waals surface area contributed by atoms with E-state index in [-0.39, 0.29) is 0 Å². The Bertz CT molecular complexity index is 750. The van der Waals surface area contributed by atoms with Gasteiger partial charge in [-0.05, 0) is 37.0 Å². The number of nitrogens with zero attached hydrogens (tertiary/aromatic N) is 1. The van der Waals surface area contributed by atoms with Crippen LogP contribution in [0.15, 0.2) is 33.9 Å². The number of hydrogen-bond acceptors (Lipinski definition) is 4. The third kappa shape index (κ3) is 2.09. The lowest BCUT2D eigenvalue weighted by molar-refractivity contribution is 0.588. The molecule has 0 fully saturated rings. The van der Waals surface area contributed by atoms with E-state index in [9.17, 15) is 8.42 Å². The first-order valence-electron chi connectivity index (χ1n) is 6.45. The zero-order chi connectivity index (χ0) is 14.3. The first-order valence-corrected chi connectivity index (χ1v) is 8.77. The summed E-state index contributed by atoms with van der Waals surface area (Å²) >= 11 is 1.18. The fourth-order valence-electron chi connectivity index (χ4n) is 2.62. The summed E-state index contributed by atoms with van der Waals surface area (Å²) < 4.78 is 27.4. The number of thiophene rings is 1. The van der Waals surface area contributed by atoms with Crippen LogP contribution in [-0.2, 0) is 16.4 Å². The third-order valence-corrected chi connectivity index (χ3v) is 6.75. The van der Waals surface area contributed by atoms with Crippen molar-refractivity contribution < 1.29 is 8.42 Å². The van der Waals surface area contributed by atoms with E-state index in [1.165, 1.54) is 21.7 Å². The number of fused-ring (bicyclic) bond motifs is 1. The second-order valence-electron chi connectivity index (χ2n) is 4.96. The number of nitrogen functional groups attached to an aromatic ring is 1. The van der Waals surface area contributed by atoms with Gasteiger partial charge in [-0.25, -0.2) is 8.42 Å². The van der Waals surface area contributed by atoms with E-state index in [1.807, 2.05) is 25.1 Å². The number of aryl methyl sites for hydroxylation is 2. The van der Waals surface area contributed by atoms with E-state index in [2.05, 4.69) is 0 Å². The Kier molecular flexibility index (Phi) is 3.22. The van der Waals surface area contributed by atoms with Crippen molar-refractivity contribution in [2.24, 2.45) is 0 Å². The van der Waals surface area contributed by atoms with E-state index in [0.29, 0.717) is 16.4 Å². The van der Waals surface area contributed by atoms with Crippen molar-refractivity contribution >= 4 is 32.7 Å². The molecule has 0 atom stereocenters. The lowest BCUT2D eigenvalue weighted by Gasteiger charge is -2.31. The molecule has 0 spiro atoms. The van der Waals surface area contributed by atoms with Crippen molar-refractivity contribution in [3.63, 3.8) is 0 Å². The average Bonchev–Trinajstić information content (AvgIpc) is 2.86. The van der Waals surface area contributed by atoms with E-state index in [1.54, 1.807) is 5.38 Å². The summed E-state index contributed by atoms with van der Waals surface area (Å²) in [5, 5.41) is 1.66. The molecule has 0 amide bonds. The zero-order valence-electron chi connectivity index (χ0n) is 11.2. The standard InChI is InChI=1S/C14H16N2O2S2/c1-10-4-2-5-11-6-3-7-16(14(10)11)20(17,18)13-8-12(15)9-19-13/h2,4-5,8-9H,3,6-7,15H2,1H3. The molecule has 0 radical (unpaired) electrons. The quantitative estimate of drug-likeness (QED) is 0.928. The Morgan fingerprint density at radius 3 is 2.85 bits per heavy atom. The van der Waals surface area contributed by atoms with Gasteiger partial charge in [0.05, 0.1) is 5.69 Å². The Balaban J connectivity index is 2.13. The highest BCUT2D eigenvalue weighted by molar-refractivity contribution is 7.94. The lowest BCUT2D eigenvalue weighted by Crippen LogP contribution is -2.35. The molecule has 1 aromatic carbocycles. The molecule has 4 nitrogen and oxygen atoms in total. The van der Waals surface area contributed by atoms with Crippen molar-refractivity contribution in [2.45, 2.75) is 24.0 Å². The Morgan fingerprint density at radius 2 is 2.15 bits per heavy atom. The largest absolute Gasteiger partial charge is 0.398 e. The van der Waals surface area contributed by atoms with Crippen LogP contribution in [-0.4, -0.2) is 15.0 Å². The monoisotopic (exact) mass is 308 g/mol. The number of hydrogen-bond donors (Lipinski definition) is 1. The first kappa shape index (κ1) is 13.5. The lowest BCUT2D eigenvalue weighted by atomic mass is 10.0. The van der Waals surface area contributed by atoms with Gasteiger partial charge < -0.3 is 5.73 Å². The highest BCUT2D eigenvalue weighted by atomic mass is 32.2. The molecule has 3 rings (SSSR count). The van der Waals surface area contributed by atoms with Gasteiger partial charge in [0.15, 0.2) is 0 Å². The number of nitrogens with two attached hydrogens (primary N) is 1. The molecule has 1 aliphatic heterocycles. The minimum Gasteiger partial charge on any atom is -0.398 e.